The fourth-order valence-electron chi connectivity index (χ4n) is 3.04. The smallest absolute Gasteiger partial charge is 0.263 e. The molecule has 3 aromatic carbocycles. The van der Waals surface area contributed by atoms with Crippen LogP contribution in [0.5, 0.6) is 0 Å². The Labute approximate surface area is 186 Å². The zero-order valence-electron chi connectivity index (χ0n) is 17.5. The minimum atomic E-state index is -3.87. The SMILES string of the molecule is CN(C)C(=O)c1ccc(Nc2nc3ccccc3nc2NS(=O)(=O)c2ccccc2)cc1. The summed E-state index contributed by atoms with van der Waals surface area (Å²) in [5.74, 6) is 0.203. The molecule has 0 spiro atoms. The Balaban J connectivity index is 1.71. The first-order valence-corrected chi connectivity index (χ1v) is 11.3. The average molecular weight is 448 g/mol. The molecule has 0 aliphatic heterocycles. The molecule has 1 amide bonds. The molecule has 0 radical (unpaired) electrons. The van der Waals surface area contributed by atoms with Crippen molar-refractivity contribution in [3.63, 3.8) is 0 Å². The Morgan fingerprint density at radius 3 is 1.94 bits per heavy atom. The molecule has 1 aromatic heterocycles. The zero-order valence-corrected chi connectivity index (χ0v) is 18.3. The Bertz CT molecular complexity index is 1370. The molecule has 9 heteroatoms. The van der Waals surface area contributed by atoms with Gasteiger partial charge < -0.3 is 10.2 Å². The van der Waals surface area contributed by atoms with Gasteiger partial charge in [0.1, 0.15) is 0 Å². The molecule has 1 heterocycles. The molecular formula is C23H21N5O3S. The second kappa shape index (κ2) is 8.64. The number of sulfonamides is 1. The van der Waals surface area contributed by atoms with Crippen LogP contribution in [0, 0.1) is 0 Å². The summed E-state index contributed by atoms with van der Waals surface area (Å²) in [5, 5.41) is 3.11. The van der Waals surface area contributed by atoms with Gasteiger partial charge in [-0.3, -0.25) is 9.52 Å². The van der Waals surface area contributed by atoms with E-state index < -0.39 is 10.0 Å². The van der Waals surface area contributed by atoms with Crippen LogP contribution >= 0.6 is 0 Å². The Hall–Kier alpha value is -3.98. The molecule has 162 valence electrons. The monoisotopic (exact) mass is 447 g/mol. The molecule has 0 unspecified atom stereocenters. The van der Waals surface area contributed by atoms with Crippen molar-refractivity contribution in [1.82, 2.24) is 14.9 Å². The van der Waals surface area contributed by atoms with Crippen LogP contribution in [-0.2, 0) is 10.0 Å². The van der Waals surface area contributed by atoms with Gasteiger partial charge in [0, 0.05) is 25.3 Å². The standard InChI is InChI=1S/C23H21N5O3S/c1-28(2)23(29)16-12-14-17(15-13-16)24-21-22(26-20-11-7-6-10-19(20)25-21)27-32(30,31)18-8-4-3-5-9-18/h3-15H,1-2H3,(H,24,25)(H,26,27). The summed E-state index contributed by atoms with van der Waals surface area (Å²) < 4.78 is 28.3. The number of hydrogen-bond acceptors (Lipinski definition) is 6. The fraction of sp³-hybridized carbons (Fsp3) is 0.0870. The summed E-state index contributed by atoms with van der Waals surface area (Å²) in [5.41, 5.74) is 2.33. The topological polar surface area (TPSA) is 104 Å². The minimum absolute atomic E-state index is 0.0704. The van der Waals surface area contributed by atoms with Crippen molar-refractivity contribution in [2.45, 2.75) is 4.90 Å². The molecule has 0 aliphatic carbocycles. The van der Waals surface area contributed by atoms with E-state index in [9.17, 15) is 13.2 Å². The summed E-state index contributed by atoms with van der Waals surface area (Å²) >= 11 is 0. The van der Waals surface area contributed by atoms with Gasteiger partial charge in [-0.15, -0.1) is 0 Å². The van der Waals surface area contributed by atoms with Crippen molar-refractivity contribution in [3.05, 3.63) is 84.4 Å². The first kappa shape index (κ1) is 21.3. The number of carbonyl (C=O) groups is 1. The summed E-state index contributed by atoms with van der Waals surface area (Å²) in [6, 6.07) is 22.1. The highest BCUT2D eigenvalue weighted by molar-refractivity contribution is 7.92. The van der Waals surface area contributed by atoms with Crippen LogP contribution in [0.3, 0.4) is 0 Å². The van der Waals surface area contributed by atoms with Crippen LogP contribution < -0.4 is 10.0 Å². The molecule has 0 saturated carbocycles. The van der Waals surface area contributed by atoms with Gasteiger partial charge in [0.25, 0.3) is 15.9 Å². The van der Waals surface area contributed by atoms with Gasteiger partial charge >= 0.3 is 0 Å². The lowest BCUT2D eigenvalue weighted by atomic mass is 10.2. The molecule has 2 N–H and O–H groups in total. The number of anilines is 3. The summed E-state index contributed by atoms with van der Waals surface area (Å²) in [6.07, 6.45) is 0. The van der Waals surface area contributed by atoms with Crippen molar-refractivity contribution >= 4 is 44.3 Å². The molecular weight excluding hydrogens is 426 g/mol. The van der Waals surface area contributed by atoms with Crippen molar-refractivity contribution in [3.8, 4) is 0 Å². The maximum absolute atomic E-state index is 12.9. The Morgan fingerprint density at radius 1 is 0.781 bits per heavy atom. The molecule has 4 aromatic rings. The highest BCUT2D eigenvalue weighted by Gasteiger charge is 2.19. The predicted octanol–water partition coefficient (Wildman–Crippen LogP) is 3.88. The predicted molar refractivity (Wildman–Crippen MR) is 125 cm³/mol. The molecule has 0 fully saturated rings. The third-order valence-corrected chi connectivity index (χ3v) is 6.01. The summed E-state index contributed by atoms with van der Waals surface area (Å²) in [7, 11) is -0.497. The lowest BCUT2D eigenvalue weighted by Gasteiger charge is -2.14. The molecule has 0 atom stereocenters. The van der Waals surface area contributed by atoms with Gasteiger partial charge in [-0.2, -0.15) is 0 Å². The van der Waals surface area contributed by atoms with Gasteiger partial charge in [-0.1, -0.05) is 30.3 Å². The van der Waals surface area contributed by atoms with E-state index in [1.165, 1.54) is 17.0 Å². The van der Waals surface area contributed by atoms with E-state index in [1.807, 2.05) is 6.07 Å². The molecule has 8 nitrogen and oxygen atoms in total. The molecule has 32 heavy (non-hydrogen) atoms. The van der Waals surface area contributed by atoms with Crippen LogP contribution in [0.15, 0.2) is 83.8 Å². The number of nitrogens with zero attached hydrogens (tertiary/aromatic N) is 3. The van der Waals surface area contributed by atoms with Crippen LogP contribution in [0.2, 0.25) is 0 Å². The largest absolute Gasteiger partial charge is 0.345 e. The van der Waals surface area contributed by atoms with E-state index in [0.29, 0.717) is 22.3 Å². The average Bonchev–Trinajstić information content (AvgIpc) is 2.80. The van der Waals surface area contributed by atoms with Crippen LogP contribution in [0.1, 0.15) is 10.4 Å². The van der Waals surface area contributed by atoms with E-state index in [0.717, 1.165) is 0 Å². The van der Waals surface area contributed by atoms with Crippen molar-refractivity contribution in [2.75, 3.05) is 24.1 Å². The van der Waals surface area contributed by atoms with Gasteiger partial charge in [0.05, 0.1) is 15.9 Å². The lowest BCUT2D eigenvalue weighted by Crippen LogP contribution is -2.21. The normalized spacial score (nSPS) is 11.2. The molecule has 0 aliphatic rings. The van der Waals surface area contributed by atoms with E-state index in [4.69, 9.17) is 0 Å². The summed E-state index contributed by atoms with van der Waals surface area (Å²) in [4.78, 5) is 22.8. The number of hydrogen-bond donors (Lipinski definition) is 2. The zero-order chi connectivity index (χ0) is 22.7. The highest BCUT2D eigenvalue weighted by atomic mass is 32.2. The summed E-state index contributed by atoms with van der Waals surface area (Å²) in [6.45, 7) is 0. The lowest BCUT2D eigenvalue weighted by molar-refractivity contribution is 0.0827. The van der Waals surface area contributed by atoms with E-state index in [-0.39, 0.29) is 22.4 Å². The van der Waals surface area contributed by atoms with Crippen molar-refractivity contribution in [2.24, 2.45) is 0 Å². The van der Waals surface area contributed by atoms with E-state index in [1.54, 1.807) is 74.8 Å². The van der Waals surface area contributed by atoms with E-state index >= 15 is 0 Å². The number of fused-ring (bicyclic) bond motifs is 1. The van der Waals surface area contributed by atoms with Gasteiger partial charge in [0.2, 0.25) is 0 Å². The maximum Gasteiger partial charge on any atom is 0.263 e. The minimum Gasteiger partial charge on any atom is -0.345 e. The van der Waals surface area contributed by atoms with Crippen LogP contribution in [0.4, 0.5) is 17.3 Å². The number of nitrogens with one attached hydrogen (secondary N) is 2. The first-order chi connectivity index (χ1) is 15.3. The molecule has 0 saturated heterocycles. The van der Waals surface area contributed by atoms with Gasteiger partial charge in [-0.05, 0) is 48.5 Å². The quantitative estimate of drug-likeness (QED) is 0.465. The Kier molecular flexibility index (Phi) is 5.74. The fourth-order valence-corrected chi connectivity index (χ4v) is 4.07. The third kappa shape index (κ3) is 4.52. The molecule has 0 bridgehead atoms. The first-order valence-electron chi connectivity index (χ1n) is 9.77. The second-order valence-electron chi connectivity index (χ2n) is 7.23. The second-order valence-corrected chi connectivity index (χ2v) is 8.91. The van der Waals surface area contributed by atoms with Gasteiger partial charge in [0.15, 0.2) is 11.6 Å². The number of carbonyl (C=O) groups excluding carboxylic acids is 1. The number of para-hydroxylation sites is 2. The number of rotatable bonds is 6. The Morgan fingerprint density at radius 2 is 1.34 bits per heavy atom. The van der Waals surface area contributed by atoms with Crippen molar-refractivity contribution in [1.29, 1.82) is 0 Å². The number of benzene rings is 3. The number of aromatic nitrogens is 2. The van der Waals surface area contributed by atoms with Gasteiger partial charge in [-0.25, -0.2) is 18.4 Å². The third-order valence-electron chi connectivity index (χ3n) is 4.66. The number of amides is 1. The van der Waals surface area contributed by atoms with Crippen LogP contribution in [0.25, 0.3) is 11.0 Å². The maximum atomic E-state index is 12.9. The van der Waals surface area contributed by atoms with Crippen molar-refractivity contribution < 1.29 is 13.2 Å². The molecule has 4 rings (SSSR count). The van der Waals surface area contributed by atoms with E-state index in [2.05, 4.69) is 20.0 Å². The highest BCUT2D eigenvalue weighted by Crippen LogP contribution is 2.27. The van der Waals surface area contributed by atoms with Crippen LogP contribution in [-0.4, -0.2) is 43.3 Å².